The van der Waals surface area contributed by atoms with Crippen LogP contribution in [0.5, 0.6) is 5.75 Å². The first-order chi connectivity index (χ1) is 19.6. The summed E-state index contributed by atoms with van der Waals surface area (Å²) in [6.45, 7) is 0.674. The highest BCUT2D eigenvalue weighted by atomic mass is 79.9. The van der Waals surface area contributed by atoms with Crippen molar-refractivity contribution in [3.63, 3.8) is 0 Å². The summed E-state index contributed by atoms with van der Waals surface area (Å²) in [4.78, 5) is 19.3. The van der Waals surface area contributed by atoms with E-state index < -0.39 is 5.41 Å². The molecule has 0 unspecified atom stereocenters. The van der Waals surface area contributed by atoms with E-state index in [9.17, 15) is 4.79 Å². The minimum atomic E-state index is -0.631. The second kappa shape index (κ2) is 13.4. The Morgan fingerprint density at radius 2 is 1.32 bits per heavy atom. The maximum Gasteiger partial charge on any atom is 0.321 e. The average Bonchev–Trinajstić information content (AvgIpc) is 3.01. The zero-order valence-electron chi connectivity index (χ0n) is 22.3. The van der Waals surface area contributed by atoms with Gasteiger partial charge in [-0.2, -0.15) is 0 Å². The monoisotopic (exact) mass is 597 g/mol. The lowest BCUT2D eigenvalue weighted by Gasteiger charge is -2.35. The molecule has 0 radical (unpaired) electrons. The summed E-state index contributed by atoms with van der Waals surface area (Å²) in [5.41, 5.74) is 3.14. The van der Waals surface area contributed by atoms with Gasteiger partial charge in [-0.15, -0.1) is 0 Å². The van der Waals surface area contributed by atoms with Crippen LogP contribution in [-0.2, 0) is 33.0 Å². The number of rotatable bonds is 9. The van der Waals surface area contributed by atoms with Crippen molar-refractivity contribution in [1.29, 1.82) is 0 Å². The summed E-state index contributed by atoms with van der Waals surface area (Å²) in [5, 5.41) is 4.31. The molecule has 1 saturated carbocycles. The Labute approximate surface area is 243 Å². The first kappa shape index (κ1) is 27.7. The topological polar surface area (TPSA) is 57.1 Å². The maximum atomic E-state index is 13.6. The molecule has 40 heavy (non-hydrogen) atoms. The van der Waals surface area contributed by atoms with Crippen LogP contribution in [0.15, 0.2) is 119 Å². The van der Waals surface area contributed by atoms with E-state index in [1.165, 1.54) is 0 Å². The van der Waals surface area contributed by atoms with Crippen LogP contribution in [0.2, 0.25) is 0 Å². The largest absolute Gasteiger partial charge is 0.470 e. The van der Waals surface area contributed by atoms with Gasteiger partial charge in [0.2, 0.25) is 0 Å². The van der Waals surface area contributed by atoms with Gasteiger partial charge < -0.3 is 14.3 Å². The van der Waals surface area contributed by atoms with Crippen LogP contribution in [0.4, 0.5) is 0 Å². The standard InChI is InChI=1S/C34H32BrNO4/c35-30-18-16-29(17-19-30)34(22-8-3-9-23-34)33(37)40-31-20-14-28(15-21-31)32(38-24-26-10-4-1-5-11-26)36-39-25-27-12-6-2-7-13-27/h1-2,4-7,10-21H,3,8-9,22-25H2/b36-32+. The third-order valence-corrected chi connectivity index (χ3v) is 7.78. The van der Waals surface area contributed by atoms with Crippen molar-refractivity contribution in [3.8, 4) is 5.75 Å². The van der Waals surface area contributed by atoms with Gasteiger partial charge in [-0.25, -0.2) is 0 Å². The van der Waals surface area contributed by atoms with Gasteiger partial charge in [0.15, 0.2) is 0 Å². The normalized spacial score (nSPS) is 14.8. The van der Waals surface area contributed by atoms with Gasteiger partial charge in [-0.3, -0.25) is 4.79 Å². The molecule has 1 aliphatic carbocycles. The van der Waals surface area contributed by atoms with Crippen LogP contribution in [0, 0.1) is 0 Å². The second-order valence-electron chi connectivity index (χ2n) is 9.99. The summed E-state index contributed by atoms with van der Waals surface area (Å²) >= 11 is 3.50. The minimum absolute atomic E-state index is 0.206. The van der Waals surface area contributed by atoms with E-state index in [-0.39, 0.29) is 5.97 Å². The Morgan fingerprint density at radius 1 is 0.725 bits per heavy atom. The lowest BCUT2D eigenvalue weighted by molar-refractivity contribution is -0.142. The van der Waals surface area contributed by atoms with E-state index >= 15 is 0 Å². The molecule has 5 rings (SSSR count). The molecule has 0 spiro atoms. The van der Waals surface area contributed by atoms with Gasteiger partial charge in [0.05, 0.1) is 5.41 Å². The van der Waals surface area contributed by atoms with Gasteiger partial charge in [0, 0.05) is 10.0 Å². The molecular weight excluding hydrogens is 566 g/mol. The Balaban J connectivity index is 1.32. The quantitative estimate of drug-likeness (QED) is 0.0639. The van der Waals surface area contributed by atoms with E-state index in [4.69, 9.17) is 14.3 Å². The maximum absolute atomic E-state index is 13.6. The molecule has 204 valence electrons. The number of hydrogen-bond acceptors (Lipinski definition) is 5. The van der Waals surface area contributed by atoms with E-state index in [1.807, 2.05) is 97.1 Å². The lowest BCUT2D eigenvalue weighted by atomic mass is 9.69. The van der Waals surface area contributed by atoms with Crippen molar-refractivity contribution in [2.75, 3.05) is 0 Å². The Bertz CT molecular complexity index is 1400. The van der Waals surface area contributed by atoms with Crippen LogP contribution in [-0.4, -0.2) is 11.9 Å². The number of carbonyl (C=O) groups excluding carboxylic acids is 1. The van der Waals surface area contributed by atoms with Gasteiger partial charge in [0.25, 0.3) is 5.90 Å². The van der Waals surface area contributed by atoms with E-state index in [2.05, 4.69) is 21.1 Å². The average molecular weight is 599 g/mol. The molecule has 0 N–H and O–H groups in total. The molecule has 0 saturated heterocycles. The molecule has 1 aliphatic rings. The smallest absolute Gasteiger partial charge is 0.321 e. The summed E-state index contributed by atoms with van der Waals surface area (Å²) in [5.74, 6) is 0.641. The van der Waals surface area contributed by atoms with Gasteiger partial charge in [-0.1, -0.05) is 108 Å². The van der Waals surface area contributed by atoms with Crippen molar-refractivity contribution < 1.29 is 19.1 Å². The van der Waals surface area contributed by atoms with E-state index in [0.29, 0.717) is 24.9 Å². The minimum Gasteiger partial charge on any atom is -0.470 e. The van der Waals surface area contributed by atoms with Crippen LogP contribution >= 0.6 is 15.9 Å². The first-order valence-electron chi connectivity index (χ1n) is 13.6. The molecule has 0 atom stereocenters. The number of hydrogen-bond donors (Lipinski definition) is 0. The summed E-state index contributed by atoms with van der Waals surface area (Å²) in [7, 11) is 0. The van der Waals surface area contributed by atoms with Gasteiger partial charge >= 0.3 is 5.97 Å². The van der Waals surface area contributed by atoms with Crippen LogP contribution < -0.4 is 4.74 Å². The van der Waals surface area contributed by atoms with Crippen molar-refractivity contribution >= 4 is 27.8 Å². The fourth-order valence-corrected chi connectivity index (χ4v) is 5.30. The van der Waals surface area contributed by atoms with Crippen LogP contribution in [0.3, 0.4) is 0 Å². The highest BCUT2D eigenvalue weighted by molar-refractivity contribution is 9.10. The summed E-state index contributed by atoms with van der Waals surface area (Å²) in [6, 6.07) is 35.0. The third kappa shape index (κ3) is 6.99. The zero-order chi connectivity index (χ0) is 27.6. The molecule has 6 heteroatoms. The molecule has 4 aromatic carbocycles. The van der Waals surface area contributed by atoms with Gasteiger partial charge in [0.1, 0.15) is 19.0 Å². The molecule has 0 aliphatic heterocycles. The number of esters is 1. The number of halogens is 1. The predicted octanol–water partition coefficient (Wildman–Crippen LogP) is 8.35. The Kier molecular flexibility index (Phi) is 9.30. The van der Waals surface area contributed by atoms with Crippen LogP contribution in [0.25, 0.3) is 0 Å². The van der Waals surface area contributed by atoms with Crippen molar-refractivity contribution in [1.82, 2.24) is 0 Å². The highest BCUT2D eigenvalue weighted by Gasteiger charge is 2.42. The lowest BCUT2D eigenvalue weighted by Crippen LogP contribution is -2.41. The SMILES string of the molecule is O=C(Oc1ccc(/C(=N\OCc2ccccc2)OCc2ccccc2)cc1)C1(c2ccc(Br)cc2)CCCCC1. The zero-order valence-corrected chi connectivity index (χ0v) is 23.9. The molecule has 0 amide bonds. The first-order valence-corrected chi connectivity index (χ1v) is 14.4. The van der Waals surface area contributed by atoms with E-state index in [0.717, 1.165) is 58.8 Å². The number of ether oxygens (including phenoxy) is 2. The molecule has 0 aromatic heterocycles. The fraction of sp³-hybridized carbons (Fsp3) is 0.235. The summed E-state index contributed by atoms with van der Waals surface area (Å²) < 4.78 is 13.0. The molecule has 5 nitrogen and oxygen atoms in total. The molecule has 0 bridgehead atoms. The Morgan fingerprint density at radius 3 is 1.95 bits per heavy atom. The number of oxime groups is 1. The summed E-state index contributed by atoms with van der Waals surface area (Å²) in [6.07, 6.45) is 4.72. The fourth-order valence-electron chi connectivity index (χ4n) is 5.03. The second-order valence-corrected chi connectivity index (χ2v) is 10.9. The third-order valence-electron chi connectivity index (χ3n) is 7.25. The Hall–Kier alpha value is -3.90. The van der Waals surface area contributed by atoms with Crippen molar-refractivity contribution in [2.45, 2.75) is 50.7 Å². The van der Waals surface area contributed by atoms with Gasteiger partial charge in [-0.05, 0) is 71.1 Å². The van der Waals surface area contributed by atoms with Crippen molar-refractivity contribution in [2.24, 2.45) is 5.16 Å². The van der Waals surface area contributed by atoms with Crippen molar-refractivity contribution in [3.05, 3.63) is 136 Å². The molecule has 4 aromatic rings. The molecule has 0 heterocycles. The number of benzene rings is 4. The molecule has 1 fully saturated rings. The predicted molar refractivity (Wildman–Crippen MR) is 160 cm³/mol. The van der Waals surface area contributed by atoms with E-state index in [1.54, 1.807) is 12.1 Å². The number of nitrogens with zero attached hydrogens (tertiary/aromatic N) is 1. The van der Waals surface area contributed by atoms with Crippen LogP contribution in [0.1, 0.15) is 54.4 Å². The number of carbonyl (C=O) groups is 1. The molecular formula is C34H32BrNO4. The highest BCUT2D eigenvalue weighted by Crippen LogP contribution is 2.41.